The number of hydrogen-bond donors (Lipinski definition) is 0. The van der Waals surface area contributed by atoms with Crippen LogP contribution in [0.25, 0.3) is 56.6 Å². The Morgan fingerprint density at radius 3 is 1.49 bits per heavy atom. The van der Waals surface area contributed by atoms with Gasteiger partial charge in [0.25, 0.3) is 0 Å². The molecular formula is C36H25F3N12. The van der Waals surface area contributed by atoms with Gasteiger partial charge in [0.15, 0.2) is 22.7 Å². The molecule has 250 valence electrons. The van der Waals surface area contributed by atoms with Gasteiger partial charge >= 0.3 is 0 Å². The number of fused-ring (bicyclic) bond motifs is 2. The number of alkyl halides is 1. The Morgan fingerprint density at radius 2 is 1.06 bits per heavy atom. The van der Waals surface area contributed by atoms with E-state index < -0.39 is 6.67 Å². The molecule has 0 aliphatic carbocycles. The molecule has 0 aliphatic heterocycles. The Hall–Kier alpha value is -7.13. The van der Waals surface area contributed by atoms with Crippen LogP contribution in [-0.4, -0.2) is 55.0 Å². The molecule has 0 amide bonds. The number of nitriles is 2. The van der Waals surface area contributed by atoms with Crippen LogP contribution in [0.5, 0.6) is 0 Å². The van der Waals surface area contributed by atoms with Gasteiger partial charge in [0.05, 0.1) is 54.4 Å². The van der Waals surface area contributed by atoms with E-state index in [4.69, 9.17) is 0 Å². The van der Waals surface area contributed by atoms with Crippen molar-refractivity contribution in [2.24, 2.45) is 0 Å². The molecule has 0 atom stereocenters. The molecule has 0 unspecified atom stereocenters. The van der Waals surface area contributed by atoms with Crippen LogP contribution >= 0.6 is 0 Å². The molecule has 15 heteroatoms. The van der Waals surface area contributed by atoms with Crippen molar-refractivity contribution in [3.05, 3.63) is 121 Å². The third-order valence-electron chi connectivity index (χ3n) is 8.02. The molecule has 0 saturated carbocycles. The van der Waals surface area contributed by atoms with E-state index in [2.05, 4.69) is 36.2 Å². The summed E-state index contributed by atoms with van der Waals surface area (Å²) >= 11 is 0. The third kappa shape index (κ3) is 6.15. The van der Waals surface area contributed by atoms with Crippen molar-refractivity contribution in [3.63, 3.8) is 0 Å². The molecule has 8 rings (SSSR count). The van der Waals surface area contributed by atoms with E-state index in [1.54, 1.807) is 47.3 Å². The van der Waals surface area contributed by atoms with Gasteiger partial charge in [-0.05, 0) is 79.7 Å². The topological polar surface area (TPSA) is 144 Å². The van der Waals surface area contributed by atoms with Crippen molar-refractivity contribution in [1.82, 2.24) is 48.3 Å². The van der Waals surface area contributed by atoms with Gasteiger partial charge in [0.1, 0.15) is 41.8 Å². The minimum atomic E-state index is -0.566. The first kappa shape index (κ1) is 32.4. The molecule has 0 aliphatic rings. The summed E-state index contributed by atoms with van der Waals surface area (Å²) in [5.74, 6) is -0.646. The van der Waals surface area contributed by atoms with E-state index >= 15 is 0 Å². The lowest BCUT2D eigenvalue weighted by atomic mass is 10.1. The van der Waals surface area contributed by atoms with Crippen LogP contribution in [0.15, 0.2) is 97.8 Å². The second kappa shape index (κ2) is 13.8. The van der Waals surface area contributed by atoms with E-state index in [1.807, 2.05) is 29.7 Å². The smallest absolute Gasteiger partial charge is 0.162 e. The zero-order valence-electron chi connectivity index (χ0n) is 26.9. The zero-order chi connectivity index (χ0) is 35.5. The first-order chi connectivity index (χ1) is 24.9. The third-order valence-corrected chi connectivity index (χ3v) is 8.02. The molecule has 0 radical (unpaired) electrons. The van der Waals surface area contributed by atoms with Gasteiger partial charge < -0.3 is 9.13 Å². The number of halogens is 3. The number of benzene rings is 2. The summed E-state index contributed by atoms with van der Waals surface area (Å²) in [7, 11) is 0. The lowest BCUT2D eigenvalue weighted by Crippen LogP contribution is -2.04. The summed E-state index contributed by atoms with van der Waals surface area (Å²) in [4.78, 5) is 17.1. The number of hydrogen-bond acceptors (Lipinski definition) is 8. The van der Waals surface area contributed by atoms with E-state index in [0.717, 1.165) is 11.3 Å². The molecule has 12 nitrogen and oxygen atoms in total. The number of rotatable bonds is 7. The predicted octanol–water partition coefficient (Wildman–Crippen LogP) is 6.53. The molecule has 0 saturated heterocycles. The van der Waals surface area contributed by atoms with Crippen LogP contribution in [0.4, 0.5) is 13.2 Å². The summed E-state index contributed by atoms with van der Waals surface area (Å²) in [5, 5.41) is 27.4. The Bertz CT molecular complexity index is 2580. The lowest BCUT2D eigenvalue weighted by Gasteiger charge is -2.09. The van der Waals surface area contributed by atoms with Crippen molar-refractivity contribution in [1.29, 1.82) is 10.5 Å². The van der Waals surface area contributed by atoms with Crippen LogP contribution in [-0.2, 0) is 13.1 Å². The van der Waals surface area contributed by atoms with Gasteiger partial charge in [-0.25, -0.2) is 42.1 Å². The standard InChI is InChI=1S/C18H12F2N6.C18H13FN6/c19-7-8-25-11-23-17(12-1-3-13(20)4-2-12)18(25)15-5-6-16-22-10-14(9-21)26(16)24-15;1-2-24-11-22-17(12-3-5-13(19)6-4-12)18(24)15-7-8-16-21-10-14(9-20)25(16)23-15/h1-6,10-11H,7-8H2;3-8,10-11H,2H2,1H3. The quantitative estimate of drug-likeness (QED) is 0.185. The molecule has 0 spiro atoms. The average Bonchev–Trinajstić information content (AvgIpc) is 3.96. The van der Waals surface area contributed by atoms with Gasteiger partial charge in [-0.1, -0.05) is 0 Å². The van der Waals surface area contributed by atoms with Crippen molar-refractivity contribution < 1.29 is 13.2 Å². The van der Waals surface area contributed by atoms with Gasteiger partial charge in [-0.2, -0.15) is 20.7 Å². The Labute approximate surface area is 288 Å². The largest absolute Gasteiger partial charge is 0.329 e. The summed E-state index contributed by atoms with van der Waals surface area (Å²) in [5.41, 5.74) is 7.14. The first-order valence-corrected chi connectivity index (χ1v) is 15.6. The number of nitrogens with zero attached hydrogens (tertiary/aromatic N) is 12. The second-order valence-electron chi connectivity index (χ2n) is 11.1. The minimum absolute atomic E-state index is 0.109. The first-order valence-electron chi connectivity index (χ1n) is 15.6. The van der Waals surface area contributed by atoms with Crippen LogP contribution in [0.1, 0.15) is 18.3 Å². The molecule has 6 aromatic heterocycles. The highest BCUT2D eigenvalue weighted by molar-refractivity contribution is 5.78. The van der Waals surface area contributed by atoms with Gasteiger partial charge in [0, 0.05) is 17.7 Å². The average molecular weight is 683 g/mol. The highest BCUT2D eigenvalue weighted by atomic mass is 19.1. The number of aryl methyl sites for hydroxylation is 2. The maximum Gasteiger partial charge on any atom is 0.162 e. The van der Waals surface area contributed by atoms with Crippen molar-refractivity contribution >= 4 is 11.3 Å². The van der Waals surface area contributed by atoms with Crippen LogP contribution in [0, 0.1) is 34.3 Å². The molecular weight excluding hydrogens is 657 g/mol. The molecule has 51 heavy (non-hydrogen) atoms. The summed E-state index contributed by atoms with van der Waals surface area (Å²) < 4.78 is 46.0. The fraction of sp³-hybridized carbons (Fsp3) is 0.111. The monoisotopic (exact) mass is 682 g/mol. The normalized spacial score (nSPS) is 10.9. The second-order valence-corrected chi connectivity index (χ2v) is 11.1. The van der Waals surface area contributed by atoms with Gasteiger partial charge in [-0.3, -0.25) is 0 Å². The predicted molar refractivity (Wildman–Crippen MR) is 180 cm³/mol. The van der Waals surface area contributed by atoms with E-state index in [9.17, 15) is 23.7 Å². The Kier molecular flexibility index (Phi) is 8.75. The number of imidazole rings is 4. The fourth-order valence-electron chi connectivity index (χ4n) is 5.59. The SMILES string of the molecule is CCn1cnc(-c2ccc(F)cc2)c1-c1ccc2ncc(C#N)n2n1.N#Cc1cnc2ccc(-c3c(-c4ccc(F)cc4)ncn3CCF)nn12. The van der Waals surface area contributed by atoms with E-state index in [-0.39, 0.29) is 18.2 Å². The summed E-state index contributed by atoms with van der Waals surface area (Å²) in [6.45, 7) is 2.26. The van der Waals surface area contributed by atoms with E-state index in [0.29, 0.717) is 63.3 Å². The summed E-state index contributed by atoms with van der Waals surface area (Å²) in [6.07, 6.45) is 6.19. The Balaban J connectivity index is 0.000000159. The minimum Gasteiger partial charge on any atom is -0.329 e. The number of aromatic nitrogens is 10. The highest BCUT2D eigenvalue weighted by Gasteiger charge is 2.19. The molecule has 0 bridgehead atoms. The maximum atomic E-state index is 13.2. The molecule has 6 heterocycles. The Morgan fingerprint density at radius 1 is 0.608 bits per heavy atom. The summed E-state index contributed by atoms with van der Waals surface area (Å²) in [6, 6.07) is 23.3. The van der Waals surface area contributed by atoms with Crippen LogP contribution in [0.3, 0.4) is 0 Å². The van der Waals surface area contributed by atoms with Crippen molar-refractivity contribution in [2.75, 3.05) is 6.67 Å². The molecule has 8 aromatic rings. The van der Waals surface area contributed by atoms with Crippen molar-refractivity contribution in [2.45, 2.75) is 20.0 Å². The van der Waals surface area contributed by atoms with Crippen molar-refractivity contribution in [3.8, 4) is 57.4 Å². The van der Waals surface area contributed by atoms with E-state index in [1.165, 1.54) is 52.0 Å². The molecule has 2 aromatic carbocycles. The lowest BCUT2D eigenvalue weighted by molar-refractivity contribution is 0.447. The maximum absolute atomic E-state index is 13.2. The van der Waals surface area contributed by atoms with Gasteiger partial charge in [-0.15, -0.1) is 0 Å². The highest BCUT2D eigenvalue weighted by Crippen LogP contribution is 2.32. The zero-order valence-corrected chi connectivity index (χ0v) is 26.9. The molecule has 0 fully saturated rings. The van der Waals surface area contributed by atoms with Gasteiger partial charge in [0.2, 0.25) is 0 Å². The molecule has 0 N–H and O–H groups in total. The van der Waals surface area contributed by atoms with Crippen LogP contribution < -0.4 is 0 Å². The fourth-order valence-corrected chi connectivity index (χ4v) is 5.59. The van der Waals surface area contributed by atoms with Crippen LogP contribution in [0.2, 0.25) is 0 Å².